The Morgan fingerprint density at radius 1 is 1.11 bits per heavy atom. The molecule has 0 radical (unpaired) electrons. The lowest BCUT2D eigenvalue weighted by molar-refractivity contribution is -0.274. The van der Waals surface area contributed by atoms with E-state index in [-0.39, 0.29) is 32.8 Å². The van der Waals surface area contributed by atoms with Crippen molar-refractivity contribution in [3.8, 4) is 5.75 Å². The quantitative estimate of drug-likeness (QED) is 0.668. The summed E-state index contributed by atoms with van der Waals surface area (Å²) in [5.74, 6) is -0.983. The Balaban J connectivity index is 2.14. The van der Waals surface area contributed by atoms with Crippen molar-refractivity contribution in [3.63, 3.8) is 0 Å². The zero-order valence-corrected chi connectivity index (χ0v) is 16.0. The Kier molecular flexibility index (Phi) is 6.73. The van der Waals surface area contributed by atoms with E-state index in [0.29, 0.717) is 0 Å². The molecule has 0 unspecified atom stereocenters. The number of halogens is 3. The minimum Gasteiger partial charge on any atom is -0.406 e. The van der Waals surface area contributed by atoms with Crippen molar-refractivity contribution in [2.24, 2.45) is 0 Å². The van der Waals surface area contributed by atoms with Crippen molar-refractivity contribution in [1.82, 2.24) is 0 Å². The fourth-order valence-electron chi connectivity index (χ4n) is 2.04. The predicted molar refractivity (Wildman–Crippen MR) is 97.8 cm³/mol. The van der Waals surface area contributed by atoms with E-state index >= 15 is 0 Å². The summed E-state index contributed by atoms with van der Waals surface area (Å²) >= 11 is 0.836. The molecule has 0 bridgehead atoms. The summed E-state index contributed by atoms with van der Waals surface area (Å²) in [7, 11) is -4.10. The molecule has 0 aliphatic rings. The fraction of sp³-hybridized carbons (Fsp3) is 0.176. The normalized spacial score (nSPS) is 11.7. The van der Waals surface area contributed by atoms with E-state index in [1.807, 2.05) is 0 Å². The zero-order chi connectivity index (χ0) is 20.9. The number of nitrogens with one attached hydrogen (secondary N) is 1. The van der Waals surface area contributed by atoms with Gasteiger partial charge in [-0.05, 0) is 36.4 Å². The van der Waals surface area contributed by atoms with Gasteiger partial charge >= 0.3 is 6.36 Å². The second kappa shape index (κ2) is 8.65. The maximum atomic E-state index is 12.4. The molecule has 0 saturated carbocycles. The van der Waals surface area contributed by atoms with Crippen LogP contribution in [0.2, 0.25) is 0 Å². The first-order chi connectivity index (χ1) is 13.0. The summed E-state index contributed by atoms with van der Waals surface area (Å²) in [5.41, 5.74) is 0.303. The van der Waals surface area contributed by atoms with Gasteiger partial charge in [0.25, 0.3) is 10.0 Å². The van der Waals surface area contributed by atoms with Crippen molar-refractivity contribution in [3.05, 3.63) is 54.1 Å². The third-order valence-electron chi connectivity index (χ3n) is 3.21. The Morgan fingerprint density at radius 2 is 1.75 bits per heavy atom. The third-order valence-corrected chi connectivity index (χ3v) is 5.42. The molecule has 0 saturated heterocycles. The average molecular weight is 433 g/mol. The van der Waals surface area contributed by atoms with Crippen LogP contribution in [-0.2, 0) is 14.8 Å². The molecule has 0 fully saturated rings. The molecular formula is C17H14F3NO5S2. The Bertz CT molecular complexity index is 973. The number of hydrogen-bond acceptors (Lipinski definition) is 6. The number of Topliss-reactive ketones (excluding diaryl/α,β-unsaturated/α-hetero) is 1. The number of hydrogen-bond donors (Lipinski definition) is 1. The largest absolute Gasteiger partial charge is 0.573 e. The summed E-state index contributed by atoms with van der Waals surface area (Å²) < 4.78 is 67.2. The Morgan fingerprint density at radius 3 is 2.32 bits per heavy atom. The molecule has 28 heavy (non-hydrogen) atoms. The number of ketones is 1. The predicted octanol–water partition coefficient (Wildman–Crippen LogP) is 3.85. The molecule has 0 aromatic heterocycles. The molecule has 0 aliphatic carbocycles. The van der Waals surface area contributed by atoms with Gasteiger partial charge in [-0.2, -0.15) is 0 Å². The molecular weight excluding hydrogens is 419 g/mol. The van der Waals surface area contributed by atoms with Crippen molar-refractivity contribution in [2.45, 2.75) is 18.2 Å². The number of benzene rings is 2. The molecule has 150 valence electrons. The highest BCUT2D eigenvalue weighted by atomic mass is 32.2. The lowest BCUT2D eigenvalue weighted by Gasteiger charge is -2.11. The van der Waals surface area contributed by atoms with Gasteiger partial charge in [0.2, 0.25) is 0 Å². The summed E-state index contributed by atoms with van der Waals surface area (Å²) in [6.45, 7) is 1.33. The first-order valence-electron chi connectivity index (χ1n) is 7.61. The van der Waals surface area contributed by atoms with Gasteiger partial charge in [0.15, 0.2) is 10.9 Å². The number of rotatable bonds is 7. The lowest BCUT2D eigenvalue weighted by Crippen LogP contribution is -2.17. The number of ether oxygens (including phenoxy) is 1. The third kappa shape index (κ3) is 6.57. The molecule has 11 heteroatoms. The maximum absolute atomic E-state index is 12.4. The van der Waals surface area contributed by atoms with Crippen LogP contribution in [0.25, 0.3) is 0 Å². The fourth-order valence-corrected chi connectivity index (χ4v) is 3.59. The van der Waals surface area contributed by atoms with E-state index in [9.17, 15) is 31.2 Å². The smallest absolute Gasteiger partial charge is 0.406 e. The van der Waals surface area contributed by atoms with Crippen LogP contribution in [0.15, 0.2) is 53.4 Å². The highest BCUT2D eigenvalue weighted by Crippen LogP contribution is 2.25. The van der Waals surface area contributed by atoms with E-state index < -0.39 is 22.1 Å². The number of alkyl halides is 3. The topological polar surface area (TPSA) is 89.5 Å². The van der Waals surface area contributed by atoms with Gasteiger partial charge in [0.1, 0.15) is 5.75 Å². The van der Waals surface area contributed by atoms with Crippen molar-refractivity contribution >= 4 is 38.4 Å². The second-order valence-electron chi connectivity index (χ2n) is 5.41. The summed E-state index contributed by atoms with van der Waals surface area (Å²) in [4.78, 5) is 22.7. The van der Waals surface area contributed by atoms with E-state index in [0.717, 1.165) is 36.0 Å². The molecule has 0 heterocycles. The molecule has 2 rings (SSSR count). The van der Waals surface area contributed by atoms with Crippen LogP contribution in [0.1, 0.15) is 17.3 Å². The van der Waals surface area contributed by atoms with Gasteiger partial charge in [-0.1, -0.05) is 23.9 Å². The van der Waals surface area contributed by atoms with Crippen LogP contribution in [0.5, 0.6) is 5.75 Å². The van der Waals surface area contributed by atoms with Crippen LogP contribution in [-0.4, -0.2) is 31.4 Å². The highest BCUT2D eigenvalue weighted by Gasteiger charge is 2.31. The monoisotopic (exact) mass is 433 g/mol. The van der Waals surface area contributed by atoms with Crippen LogP contribution >= 0.6 is 11.8 Å². The van der Waals surface area contributed by atoms with Gasteiger partial charge in [0.05, 0.1) is 10.6 Å². The first-order valence-corrected chi connectivity index (χ1v) is 10.1. The van der Waals surface area contributed by atoms with Crippen molar-refractivity contribution in [2.75, 3.05) is 10.5 Å². The van der Waals surface area contributed by atoms with Gasteiger partial charge in [-0.15, -0.1) is 13.2 Å². The SMILES string of the molecule is CC(=O)SCC(=O)c1cccc(NS(=O)(=O)c2ccc(OC(F)(F)F)cc2)c1. The van der Waals surface area contributed by atoms with E-state index in [4.69, 9.17) is 0 Å². The Hall–Kier alpha value is -2.53. The summed E-state index contributed by atoms with van der Waals surface area (Å²) in [5, 5.41) is -0.219. The van der Waals surface area contributed by atoms with E-state index in [2.05, 4.69) is 9.46 Å². The Labute approximate surface area is 163 Å². The van der Waals surface area contributed by atoms with Crippen molar-refractivity contribution in [1.29, 1.82) is 0 Å². The minimum atomic E-state index is -4.88. The highest BCUT2D eigenvalue weighted by molar-refractivity contribution is 8.14. The minimum absolute atomic E-state index is 0.0772. The van der Waals surface area contributed by atoms with Gasteiger partial charge in [0, 0.05) is 18.2 Å². The molecule has 0 spiro atoms. The molecule has 6 nitrogen and oxygen atoms in total. The van der Waals surface area contributed by atoms with Crippen LogP contribution in [0, 0.1) is 0 Å². The van der Waals surface area contributed by atoms with Gasteiger partial charge in [-0.3, -0.25) is 14.3 Å². The number of sulfonamides is 1. The van der Waals surface area contributed by atoms with Crippen LogP contribution < -0.4 is 9.46 Å². The van der Waals surface area contributed by atoms with Gasteiger partial charge in [-0.25, -0.2) is 8.42 Å². The van der Waals surface area contributed by atoms with Gasteiger partial charge < -0.3 is 4.74 Å². The van der Waals surface area contributed by atoms with Crippen molar-refractivity contribution < 1.29 is 35.9 Å². The lowest BCUT2D eigenvalue weighted by atomic mass is 10.1. The number of carbonyl (C=O) groups is 2. The summed E-state index contributed by atoms with van der Waals surface area (Å²) in [6.07, 6.45) is -4.88. The maximum Gasteiger partial charge on any atom is 0.573 e. The van der Waals surface area contributed by atoms with Crippen LogP contribution in [0.3, 0.4) is 0 Å². The van der Waals surface area contributed by atoms with E-state index in [1.165, 1.54) is 31.2 Å². The first kappa shape index (κ1) is 21.8. The molecule has 2 aromatic carbocycles. The molecule has 2 aromatic rings. The number of carbonyl (C=O) groups excluding carboxylic acids is 2. The average Bonchev–Trinajstić information content (AvgIpc) is 2.58. The number of anilines is 1. The summed E-state index contributed by atoms with van der Waals surface area (Å²) in [6, 6.07) is 9.33. The second-order valence-corrected chi connectivity index (χ2v) is 8.24. The molecule has 0 amide bonds. The zero-order valence-electron chi connectivity index (χ0n) is 14.3. The van der Waals surface area contributed by atoms with E-state index in [1.54, 1.807) is 0 Å². The molecule has 1 N–H and O–H groups in total. The standard InChI is InChI=1S/C17H14F3NO5S2/c1-11(22)27-10-16(23)12-3-2-4-13(9-12)21-28(24,25)15-7-5-14(6-8-15)26-17(18,19)20/h2-9,21H,10H2,1H3. The van der Waals surface area contributed by atoms with Crippen LogP contribution in [0.4, 0.5) is 18.9 Å². The molecule has 0 aliphatic heterocycles. The number of thioether (sulfide) groups is 1. The molecule has 0 atom stereocenters.